The lowest BCUT2D eigenvalue weighted by Crippen LogP contribution is -1.88. The van der Waals surface area contributed by atoms with E-state index in [1.165, 1.54) is 5.56 Å². The molecule has 0 saturated heterocycles. The maximum atomic E-state index is 4.33. The van der Waals surface area contributed by atoms with Crippen molar-refractivity contribution in [1.29, 1.82) is 0 Å². The van der Waals surface area contributed by atoms with Crippen molar-refractivity contribution in [3.05, 3.63) is 47.7 Å². The third kappa shape index (κ3) is 2.39. The molecule has 0 aromatic heterocycles. The second kappa shape index (κ2) is 4.51. The molecule has 0 atom stereocenters. The fourth-order valence-electron chi connectivity index (χ4n) is 1.36. The van der Waals surface area contributed by atoms with Crippen LogP contribution in [0.3, 0.4) is 0 Å². The van der Waals surface area contributed by atoms with Gasteiger partial charge in [0.15, 0.2) is 0 Å². The minimum Gasteiger partial charge on any atom is -0.287 e. The van der Waals surface area contributed by atoms with E-state index in [0.29, 0.717) is 6.54 Å². The molecule has 1 aromatic carbocycles. The van der Waals surface area contributed by atoms with E-state index in [9.17, 15) is 0 Å². The Bertz CT molecular complexity index is 375. The van der Waals surface area contributed by atoms with Gasteiger partial charge >= 0.3 is 0 Å². The fourth-order valence-corrected chi connectivity index (χ4v) is 1.36. The number of nitrogens with zero attached hydrogens (tertiary/aromatic N) is 2. The molecule has 0 saturated carbocycles. The van der Waals surface area contributed by atoms with Crippen LogP contribution in [0.1, 0.15) is 5.56 Å². The van der Waals surface area contributed by atoms with Gasteiger partial charge in [0.2, 0.25) is 0 Å². The summed E-state index contributed by atoms with van der Waals surface area (Å²) in [5.41, 5.74) is 2.35. The van der Waals surface area contributed by atoms with Gasteiger partial charge in [0.1, 0.15) is 0 Å². The number of aliphatic imine (C=N–C) groups is 2. The fraction of sp³-hybridized carbons (Fsp3) is 0.167. The zero-order valence-corrected chi connectivity index (χ0v) is 7.93. The third-order valence-corrected chi connectivity index (χ3v) is 2.04. The quantitative estimate of drug-likeness (QED) is 0.673. The van der Waals surface area contributed by atoms with Crippen molar-refractivity contribution >= 4 is 12.4 Å². The van der Waals surface area contributed by atoms with E-state index >= 15 is 0 Å². The van der Waals surface area contributed by atoms with Crippen LogP contribution in [-0.2, 0) is 6.42 Å². The van der Waals surface area contributed by atoms with Gasteiger partial charge < -0.3 is 0 Å². The predicted molar refractivity (Wildman–Crippen MR) is 60.1 cm³/mol. The molecule has 0 unspecified atom stereocenters. The summed E-state index contributed by atoms with van der Waals surface area (Å²) in [7, 11) is 0. The monoisotopic (exact) mass is 184 g/mol. The molecule has 0 aliphatic carbocycles. The lowest BCUT2D eigenvalue weighted by Gasteiger charge is -1.99. The highest BCUT2D eigenvalue weighted by atomic mass is 14.8. The Morgan fingerprint density at radius 3 is 2.86 bits per heavy atom. The van der Waals surface area contributed by atoms with Gasteiger partial charge in [0, 0.05) is 24.5 Å². The first-order valence-corrected chi connectivity index (χ1v) is 4.70. The molecule has 0 bridgehead atoms. The van der Waals surface area contributed by atoms with Crippen LogP contribution in [0.2, 0.25) is 0 Å². The maximum Gasteiger partial charge on any atom is 0.0742 e. The van der Waals surface area contributed by atoms with Crippen LogP contribution in [0.15, 0.2) is 52.1 Å². The molecule has 0 N–H and O–H groups in total. The predicted octanol–water partition coefficient (Wildman–Crippen LogP) is 2.27. The van der Waals surface area contributed by atoms with Gasteiger partial charge in [-0.1, -0.05) is 30.3 Å². The third-order valence-electron chi connectivity index (χ3n) is 2.04. The molecule has 2 nitrogen and oxygen atoms in total. The van der Waals surface area contributed by atoms with Crippen molar-refractivity contribution < 1.29 is 0 Å². The zero-order valence-electron chi connectivity index (χ0n) is 7.93. The van der Waals surface area contributed by atoms with Gasteiger partial charge in [-0.25, -0.2) is 0 Å². The van der Waals surface area contributed by atoms with E-state index in [0.717, 1.165) is 12.1 Å². The van der Waals surface area contributed by atoms with Crippen LogP contribution < -0.4 is 0 Å². The van der Waals surface area contributed by atoms with Gasteiger partial charge in [0.05, 0.1) is 6.54 Å². The first kappa shape index (κ1) is 8.88. The average Bonchev–Trinajstić information content (AvgIpc) is 2.48. The zero-order chi connectivity index (χ0) is 9.64. The minimum atomic E-state index is 0.689. The van der Waals surface area contributed by atoms with E-state index in [4.69, 9.17) is 0 Å². The summed E-state index contributed by atoms with van der Waals surface area (Å²) in [6, 6.07) is 10.3. The smallest absolute Gasteiger partial charge is 0.0742 e. The Kier molecular flexibility index (Phi) is 2.86. The summed E-state index contributed by atoms with van der Waals surface area (Å²) in [5, 5.41) is 0. The van der Waals surface area contributed by atoms with Crippen LogP contribution in [0.4, 0.5) is 0 Å². The van der Waals surface area contributed by atoms with Gasteiger partial charge in [-0.3, -0.25) is 9.98 Å². The first-order valence-electron chi connectivity index (χ1n) is 4.70. The summed E-state index contributed by atoms with van der Waals surface area (Å²) in [4.78, 5) is 8.44. The highest BCUT2D eigenvalue weighted by Gasteiger charge is 1.97. The van der Waals surface area contributed by atoms with Crippen LogP contribution in [-0.4, -0.2) is 19.0 Å². The van der Waals surface area contributed by atoms with E-state index in [-0.39, 0.29) is 0 Å². The first-order chi connectivity index (χ1) is 6.95. The Hall–Kier alpha value is -1.70. The van der Waals surface area contributed by atoms with Crippen LogP contribution in [0, 0.1) is 0 Å². The molecule has 0 spiro atoms. The normalized spacial score (nSPS) is 15.0. The van der Waals surface area contributed by atoms with Crippen molar-refractivity contribution in [2.24, 2.45) is 9.98 Å². The number of hydrogen-bond acceptors (Lipinski definition) is 2. The van der Waals surface area contributed by atoms with Crippen molar-refractivity contribution in [2.45, 2.75) is 6.42 Å². The van der Waals surface area contributed by atoms with E-state index in [2.05, 4.69) is 22.1 Å². The second-order valence-corrected chi connectivity index (χ2v) is 3.15. The van der Waals surface area contributed by atoms with Crippen LogP contribution >= 0.6 is 0 Å². The second-order valence-electron chi connectivity index (χ2n) is 3.15. The molecule has 0 radical (unpaired) electrons. The van der Waals surface area contributed by atoms with Crippen molar-refractivity contribution in [3.8, 4) is 0 Å². The molecule has 0 amide bonds. The topological polar surface area (TPSA) is 24.7 Å². The molecule has 14 heavy (non-hydrogen) atoms. The van der Waals surface area contributed by atoms with Gasteiger partial charge in [-0.2, -0.15) is 0 Å². The molecular weight excluding hydrogens is 172 g/mol. The maximum absolute atomic E-state index is 4.33. The number of allylic oxidation sites excluding steroid dienone is 2. The summed E-state index contributed by atoms with van der Waals surface area (Å²) in [6.07, 6.45) is 6.52. The summed E-state index contributed by atoms with van der Waals surface area (Å²) < 4.78 is 0. The molecule has 2 rings (SSSR count). The molecule has 1 heterocycles. The van der Waals surface area contributed by atoms with Gasteiger partial charge in [-0.05, 0) is 11.6 Å². The van der Waals surface area contributed by atoms with Crippen molar-refractivity contribution in [1.82, 2.24) is 0 Å². The van der Waals surface area contributed by atoms with Crippen molar-refractivity contribution in [2.75, 3.05) is 6.54 Å². The number of hydrogen-bond donors (Lipinski definition) is 0. The lowest BCUT2D eigenvalue weighted by atomic mass is 10.1. The van der Waals surface area contributed by atoms with E-state index in [1.54, 1.807) is 0 Å². The standard InChI is InChI=1S/C12H12N2/c1-2-4-11(5-3-1)10-12-6-7-13-8-9-14-12/h1-7,9H,8,10H2. The van der Waals surface area contributed by atoms with E-state index < -0.39 is 0 Å². The average molecular weight is 184 g/mol. The largest absolute Gasteiger partial charge is 0.287 e. The van der Waals surface area contributed by atoms with Crippen LogP contribution in [0.25, 0.3) is 0 Å². The Labute approximate surface area is 83.7 Å². The molecule has 1 aromatic rings. The highest BCUT2D eigenvalue weighted by Crippen LogP contribution is 2.08. The molecular formula is C12H12N2. The summed E-state index contributed by atoms with van der Waals surface area (Å²) in [6.45, 7) is 0.689. The lowest BCUT2D eigenvalue weighted by molar-refractivity contribution is 1.12. The highest BCUT2D eigenvalue weighted by molar-refractivity contribution is 5.77. The SMILES string of the molecule is C1=NCC=NC(Cc2ccccc2)=C1. The molecule has 2 heteroatoms. The molecule has 70 valence electrons. The Balaban J connectivity index is 2.11. The van der Waals surface area contributed by atoms with Gasteiger partial charge in [-0.15, -0.1) is 0 Å². The van der Waals surface area contributed by atoms with Crippen LogP contribution in [0.5, 0.6) is 0 Å². The summed E-state index contributed by atoms with van der Waals surface area (Å²) in [5.74, 6) is 0. The molecule has 0 fully saturated rings. The summed E-state index contributed by atoms with van der Waals surface area (Å²) >= 11 is 0. The Morgan fingerprint density at radius 1 is 1.14 bits per heavy atom. The molecule has 1 aliphatic rings. The van der Waals surface area contributed by atoms with E-state index in [1.807, 2.05) is 36.7 Å². The Morgan fingerprint density at radius 2 is 2.00 bits per heavy atom. The molecule has 1 aliphatic heterocycles. The minimum absolute atomic E-state index is 0.689. The number of rotatable bonds is 2. The van der Waals surface area contributed by atoms with Gasteiger partial charge in [0.25, 0.3) is 0 Å². The number of benzene rings is 1. The van der Waals surface area contributed by atoms with Crippen molar-refractivity contribution in [3.63, 3.8) is 0 Å².